The van der Waals surface area contributed by atoms with Gasteiger partial charge in [-0.2, -0.15) is 5.10 Å². The van der Waals surface area contributed by atoms with Crippen LogP contribution in [-0.2, 0) is 14.3 Å². The largest absolute Gasteiger partial charge is 0.493 e. The Morgan fingerprint density at radius 3 is 2.24 bits per heavy atom. The molecule has 10 heteroatoms. The summed E-state index contributed by atoms with van der Waals surface area (Å²) in [5.41, 5.74) is 1.22. The molecule has 2 heterocycles. The molecule has 3 aliphatic rings. The quantitative estimate of drug-likeness (QED) is 0.461. The molecule has 4 rings (SSSR count). The third-order valence-electron chi connectivity index (χ3n) is 8.37. The fourth-order valence-corrected chi connectivity index (χ4v) is 6.39. The van der Waals surface area contributed by atoms with E-state index in [9.17, 15) is 14.4 Å². The van der Waals surface area contributed by atoms with Gasteiger partial charge < -0.3 is 24.4 Å². The minimum absolute atomic E-state index is 0.0815. The highest BCUT2D eigenvalue weighted by atomic mass is 16.6. The number of methoxy groups -OCH3 is 2. The summed E-state index contributed by atoms with van der Waals surface area (Å²) in [7, 11) is 3.23. The molecule has 232 valence electrons. The second-order valence-corrected chi connectivity index (χ2v) is 13.1. The minimum atomic E-state index is -0.661. The molecule has 0 spiro atoms. The number of hydrogen-bond acceptors (Lipinski definition) is 7. The van der Waals surface area contributed by atoms with Crippen LogP contribution < -0.4 is 14.8 Å². The lowest BCUT2D eigenvalue weighted by atomic mass is 9.73. The maximum Gasteiger partial charge on any atom is 0.408 e. The van der Waals surface area contributed by atoms with Crippen LogP contribution in [0.4, 0.5) is 4.79 Å². The van der Waals surface area contributed by atoms with Crippen molar-refractivity contribution in [2.75, 3.05) is 27.3 Å². The first kappa shape index (κ1) is 31.6. The van der Waals surface area contributed by atoms with Crippen LogP contribution in [-0.4, -0.2) is 78.5 Å². The Bertz CT molecular complexity index is 1170. The molecule has 1 aromatic rings. The summed E-state index contributed by atoms with van der Waals surface area (Å²) >= 11 is 0. The number of amides is 3. The maximum atomic E-state index is 13.8. The number of rotatable bonds is 8. The Morgan fingerprint density at radius 2 is 1.64 bits per heavy atom. The molecule has 3 atom stereocenters. The number of carbonyl (C=O) groups is 3. The van der Waals surface area contributed by atoms with Gasteiger partial charge in [0.25, 0.3) is 0 Å². The third kappa shape index (κ3) is 7.36. The van der Waals surface area contributed by atoms with Crippen molar-refractivity contribution in [3.63, 3.8) is 0 Å². The standard InChI is InChI=1S/C32H48N4O6/c1-20(2)18-25(33-31(39)42-32(3,4)5)30(38)35-16-14-22(15-17-35)36-29(37)24-11-9-8-10-23(24)28(34-36)21-12-13-26(40-6)27(19-21)41-7/h12-13,19-20,22-25H,8-11,14-18H2,1-7H3,(H,33,39)/t23-,24+,25+/m0/s1. The van der Waals surface area contributed by atoms with Gasteiger partial charge in [0.2, 0.25) is 11.8 Å². The molecule has 0 aromatic heterocycles. The first-order valence-corrected chi connectivity index (χ1v) is 15.3. The second kappa shape index (κ2) is 13.3. The lowest BCUT2D eigenvalue weighted by Crippen LogP contribution is -2.56. The molecule has 1 aliphatic carbocycles. The van der Waals surface area contributed by atoms with E-state index in [1.54, 1.807) is 44.9 Å². The number of nitrogens with one attached hydrogen (secondary N) is 1. The number of nitrogens with zero attached hydrogens (tertiary/aromatic N) is 3. The van der Waals surface area contributed by atoms with Crippen LogP contribution in [0.1, 0.15) is 85.1 Å². The molecule has 3 amide bonds. The Balaban J connectivity index is 1.51. The molecular formula is C32H48N4O6. The average molecular weight is 585 g/mol. The molecule has 1 aromatic carbocycles. The van der Waals surface area contributed by atoms with Crippen LogP contribution in [0.15, 0.2) is 23.3 Å². The van der Waals surface area contributed by atoms with E-state index in [0.29, 0.717) is 43.9 Å². The third-order valence-corrected chi connectivity index (χ3v) is 8.37. The fraction of sp³-hybridized carbons (Fsp3) is 0.688. The van der Waals surface area contributed by atoms with E-state index >= 15 is 0 Å². The first-order valence-electron chi connectivity index (χ1n) is 15.3. The normalized spacial score (nSPS) is 22.3. The van der Waals surface area contributed by atoms with Crippen LogP contribution in [0, 0.1) is 17.8 Å². The zero-order valence-corrected chi connectivity index (χ0v) is 26.3. The molecule has 1 N–H and O–H groups in total. The molecule has 0 bridgehead atoms. The number of piperidine rings is 1. The van der Waals surface area contributed by atoms with E-state index < -0.39 is 17.7 Å². The Morgan fingerprint density at radius 1 is 1.00 bits per heavy atom. The number of carbonyl (C=O) groups excluding carboxylic acids is 3. The highest BCUT2D eigenvalue weighted by Gasteiger charge is 2.44. The highest BCUT2D eigenvalue weighted by molar-refractivity contribution is 6.07. The predicted octanol–water partition coefficient (Wildman–Crippen LogP) is 4.99. The van der Waals surface area contributed by atoms with Crippen molar-refractivity contribution < 1.29 is 28.6 Å². The van der Waals surface area contributed by atoms with E-state index in [1.807, 2.05) is 32.0 Å². The fourth-order valence-electron chi connectivity index (χ4n) is 6.39. The maximum absolute atomic E-state index is 13.8. The van der Waals surface area contributed by atoms with E-state index in [1.165, 1.54) is 0 Å². The van der Waals surface area contributed by atoms with E-state index in [-0.39, 0.29) is 35.6 Å². The molecule has 0 radical (unpaired) electrons. The molecule has 42 heavy (non-hydrogen) atoms. The monoisotopic (exact) mass is 584 g/mol. The summed E-state index contributed by atoms with van der Waals surface area (Å²) in [6, 6.07) is 5.07. The summed E-state index contributed by atoms with van der Waals surface area (Å²) in [4.78, 5) is 41.6. The SMILES string of the molecule is COc1ccc(C2=NN(C3CCN(C(=O)[C@@H](CC(C)C)NC(=O)OC(C)(C)C)CC3)C(=O)[C@@H]3CCCC[C@H]23)cc1OC. The van der Waals surface area contributed by atoms with E-state index in [0.717, 1.165) is 37.0 Å². The van der Waals surface area contributed by atoms with Gasteiger partial charge in [0.15, 0.2) is 11.5 Å². The van der Waals surface area contributed by atoms with Gasteiger partial charge in [0.05, 0.1) is 26.0 Å². The van der Waals surface area contributed by atoms with Crippen molar-refractivity contribution in [1.29, 1.82) is 0 Å². The van der Waals surface area contributed by atoms with E-state index in [4.69, 9.17) is 19.3 Å². The molecule has 2 aliphatic heterocycles. The van der Waals surface area contributed by atoms with Gasteiger partial charge >= 0.3 is 6.09 Å². The summed E-state index contributed by atoms with van der Waals surface area (Å²) in [6.45, 7) is 10.4. The molecule has 1 saturated heterocycles. The number of likely N-dealkylation sites (tertiary alicyclic amines) is 1. The van der Waals surface area contributed by atoms with Crippen LogP contribution in [0.25, 0.3) is 0 Å². The zero-order chi connectivity index (χ0) is 30.6. The van der Waals surface area contributed by atoms with Crippen LogP contribution in [0.3, 0.4) is 0 Å². The lowest BCUT2D eigenvalue weighted by Gasteiger charge is -2.43. The van der Waals surface area contributed by atoms with Crippen molar-refractivity contribution in [1.82, 2.24) is 15.2 Å². The second-order valence-electron chi connectivity index (χ2n) is 13.1. The van der Waals surface area contributed by atoms with Crippen molar-refractivity contribution >= 4 is 23.6 Å². The number of fused-ring (bicyclic) bond motifs is 1. The summed E-state index contributed by atoms with van der Waals surface area (Å²) < 4.78 is 16.4. The smallest absolute Gasteiger partial charge is 0.408 e. The van der Waals surface area contributed by atoms with Gasteiger partial charge in [-0.3, -0.25) is 9.59 Å². The van der Waals surface area contributed by atoms with Gasteiger partial charge in [0.1, 0.15) is 11.6 Å². The Hall–Kier alpha value is -3.30. The molecular weight excluding hydrogens is 536 g/mol. The number of ether oxygens (including phenoxy) is 3. The molecule has 1 saturated carbocycles. The Labute approximate surface area is 250 Å². The van der Waals surface area contributed by atoms with Crippen molar-refractivity contribution in [3.05, 3.63) is 23.8 Å². The number of hydrogen-bond donors (Lipinski definition) is 1. The Kier molecular flexibility index (Phi) is 10.0. The van der Waals surface area contributed by atoms with Gasteiger partial charge in [-0.05, 0) is 77.0 Å². The number of hydrazone groups is 1. The van der Waals surface area contributed by atoms with Crippen molar-refractivity contribution in [2.45, 2.75) is 97.2 Å². The molecule has 0 unspecified atom stereocenters. The molecule has 10 nitrogen and oxygen atoms in total. The van der Waals surface area contributed by atoms with Crippen LogP contribution in [0.2, 0.25) is 0 Å². The number of benzene rings is 1. The van der Waals surface area contributed by atoms with Gasteiger partial charge in [0, 0.05) is 30.5 Å². The van der Waals surface area contributed by atoms with Gasteiger partial charge in [-0.1, -0.05) is 26.7 Å². The molecule has 2 fully saturated rings. The summed E-state index contributed by atoms with van der Waals surface area (Å²) in [5.74, 6) is 1.48. The van der Waals surface area contributed by atoms with Crippen molar-refractivity contribution in [2.24, 2.45) is 22.9 Å². The number of alkyl carbamates (subject to hydrolysis) is 1. The highest BCUT2D eigenvalue weighted by Crippen LogP contribution is 2.40. The zero-order valence-electron chi connectivity index (χ0n) is 26.3. The first-order chi connectivity index (χ1) is 19.9. The van der Waals surface area contributed by atoms with E-state index in [2.05, 4.69) is 5.32 Å². The van der Waals surface area contributed by atoms with Gasteiger partial charge in [-0.15, -0.1) is 0 Å². The predicted molar refractivity (Wildman–Crippen MR) is 161 cm³/mol. The average Bonchev–Trinajstić information content (AvgIpc) is 2.95. The lowest BCUT2D eigenvalue weighted by molar-refractivity contribution is -0.143. The van der Waals surface area contributed by atoms with Gasteiger partial charge in [-0.25, -0.2) is 9.80 Å². The van der Waals surface area contributed by atoms with Crippen LogP contribution >= 0.6 is 0 Å². The summed E-state index contributed by atoms with van der Waals surface area (Å²) in [5, 5.41) is 9.53. The van der Waals surface area contributed by atoms with Crippen molar-refractivity contribution in [3.8, 4) is 11.5 Å². The topological polar surface area (TPSA) is 110 Å². The summed E-state index contributed by atoms with van der Waals surface area (Å²) in [6.07, 6.45) is 5.09. The minimum Gasteiger partial charge on any atom is -0.493 e. The van der Waals surface area contributed by atoms with Crippen LogP contribution in [0.5, 0.6) is 11.5 Å².